The molecule has 0 atom stereocenters. The van der Waals surface area contributed by atoms with Gasteiger partial charge in [-0.25, -0.2) is 4.98 Å². The molecular formula is C14H15BrN2O. The number of hydrogen-bond donors (Lipinski definition) is 1. The van der Waals surface area contributed by atoms with Crippen LogP contribution >= 0.6 is 15.9 Å². The number of halogens is 1. The Hall–Kier alpha value is -1.39. The van der Waals surface area contributed by atoms with Crippen LogP contribution in [0.3, 0.4) is 0 Å². The van der Waals surface area contributed by atoms with Crippen LogP contribution in [0.5, 0.6) is 0 Å². The molecule has 1 aromatic carbocycles. The van der Waals surface area contributed by atoms with E-state index < -0.39 is 0 Å². The Morgan fingerprint density at radius 1 is 1.28 bits per heavy atom. The number of pyridine rings is 1. The minimum atomic E-state index is -0.0227. The molecule has 0 amide bonds. The molecule has 3 nitrogen and oxygen atoms in total. The average molecular weight is 307 g/mol. The Kier molecular flexibility index (Phi) is 4.33. The van der Waals surface area contributed by atoms with E-state index in [0.717, 1.165) is 28.1 Å². The minimum absolute atomic E-state index is 0.0227. The molecule has 0 bridgehead atoms. The van der Waals surface area contributed by atoms with Gasteiger partial charge in [0.1, 0.15) is 5.82 Å². The SMILES string of the molecule is CCN(c1ccccc1)c1ncc(Br)cc1CO. The van der Waals surface area contributed by atoms with Gasteiger partial charge in [0.15, 0.2) is 0 Å². The van der Waals surface area contributed by atoms with Gasteiger partial charge in [0.2, 0.25) is 0 Å². The van der Waals surface area contributed by atoms with Gasteiger partial charge in [0.05, 0.1) is 6.61 Å². The molecule has 0 aliphatic carbocycles. The van der Waals surface area contributed by atoms with Crippen LogP contribution in [0.15, 0.2) is 47.1 Å². The predicted molar refractivity (Wildman–Crippen MR) is 77.0 cm³/mol. The number of rotatable bonds is 4. The third-order valence-electron chi connectivity index (χ3n) is 2.72. The lowest BCUT2D eigenvalue weighted by Crippen LogP contribution is -2.19. The summed E-state index contributed by atoms with van der Waals surface area (Å²) in [6, 6.07) is 11.9. The van der Waals surface area contributed by atoms with Crippen molar-refractivity contribution < 1.29 is 5.11 Å². The van der Waals surface area contributed by atoms with E-state index in [1.807, 2.05) is 36.4 Å². The van der Waals surface area contributed by atoms with E-state index in [2.05, 4.69) is 32.7 Å². The fourth-order valence-electron chi connectivity index (χ4n) is 1.90. The van der Waals surface area contributed by atoms with Gasteiger partial charge in [-0.05, 0) is 41.1 Å². The van der Waals surface area contributed by atoms with E-state index in [9.17, 15) is 5.11 Å². The van der Waals surface area contributed by atoms with E-state index in [1.54, 1.807) is 6.20 Å². The van der Waals surface area contributed by atoms with E-state index in [4.69, 9.17) is 0 Å². The average Bonchev–Trinajstić information content (AvgIpc) is 2.42. The summed E-state index contributed by atoms with van der Waals surface area (Å²) in [5, 5.41) is 9.45. The van der Waals surface area contributed by atoms with Crippen molar-refractivity contribution in [2.24, 2.45) is 0 Å². The molecule has 0 fully saturated rings. The molecular weight excluding hydrogens is 292 g/mol. The molecule has 1 N–H and O–H groups in total. The van der Waals surface area contributed by atoms with Gasteiger partial charge in [0.25, 0.3) is 0 Å². The lowest BCUT2D eigenvalue weighted by atomic mass is 10.2. The van der Waals surface area contributed by atoms with E-state index in [-0.39, 0.29) is 6.61 Å². The fraction of sp³-hybridized carbons (Fsp3) is 0.214. The van der Waals surface area contributed by atoms with E-state index in [1.165, 1.54) is 0 Å². The quantitative estimate of drug-likeness (QED) is 0.939. The zero-order chi connectivity index (χ0) is 13.0. The third kappa shape index (κ3) is 2.71. The predicted octanol–water partition coefficient (Wildman–Crippen LogP) is 3.49. The van der Waals surface area contributed by atoms with Crippen molar-refractivity contribution in [3.8, 4) is 0 Å². The molecule has 2 aromatic rings. The summed E-state index contributed by atoms with van der Waals surface area (Å²) in [6.45, 7) is 2.84. The van der Waals surface area contributed by atoms with Crippen LogP contribution in [0.25, 0.3) is 0 Å². The van der Waals surface area contributed by atoms with E-state index >= 15 is 0 Å². The zero-order valence-corrected chi connectivity index (χ0v) is 11.8. The number of aliphatic hydroxyl groups excluding tert-OH is 1. The fourth-order valence-corrected chi connectivity index (χ4v) is 2.27. The Morgan fingerprint density at radius 3 is 2.61 bits per heavy atom. The van der Waals surface area contributed by atoms with Gasteiger partial charge < -0.3 is 10.0 Å². The largest absolute Gasteiger partial charge is 0.392 e. The topological polar surface area (TPSA) is 36.4 Å². The highest BCUT2D eigenvalue weighted by Crippen LogP contribution is 2.27. The number of hydrogen-bond acceptors (Lipinski definition) is 3. The molecule has 1 heterocycles. The number of aliphatic hydroxyl groups is 1. The summed E-state index contributed by atoms with van der Waals surface area (Å²) < 4.78 is 0.874. The van der Waals surface area contributed by atoms with Crippen LogP contribution < -0.4 is 4.90 Å². The molecule has 0 unspecified atom stereocenters. The van der Waals surface area contributed by atoms with Crippen molar-refractivity contribution in [3.05, 3.63) is 52.6 Å². The Morgan fingerprint density at radius 2 is 2.00 bits per heavy atom. The third-order valence-corrected chi connectivity index (χ3v) is 3.15. The number of benzene rings is 1. The lowest BCUT2D eigenvalue weighted by Gasteiger charge is -2.24. The molecule has 2 rings (SSSR count). The van der Waals surface area contributed by atoms with Crippen LogP contribution in [0, 0.1) is 0 Å². The lowest BCUT2D eigenvalue weighted by molar-refractivity contribution is 0.281. The highest BCUT2D eigenvalue weighted by atomic mass is 79.9. The Bertz CT molecular complexity index is 516. The second-order valence-electron chi connectivity index (χ2n) is 3.87. The van der Waals surface area contributed by atoms with Crippen LogP contribution in [0.4, 0.5) is 11.5 Å². The number of para-hydroxylation sites is 1. The maximum Gasteiger partial charge on any atom is 0.138 e. The molecule has 1 aromatic heterocycles. The summed E-state index contributed by atoms with van der Waals surface area (Å²) in [5.74, 6) is 0.800. The van der Waals surface area contributed by atoms with Gasteiger partial charge in [-0.2, -0.15) is 0 Å². The van der Waals surface area contributed by atoms with Gasteiger partial charge in [0, 0.05) is 28.5 Å². The second kappa shape index (κ2) is 5.98. The standard InChI is InChI=1S/C14H15BrN2O/c1-2-17(13-6-4-3-5-7-13)14-11(10-18)8-12(15)9-16-14/h3-9,18H,2,10H2,1H3. The maximum absolute atomic E-state index is 9.45. The number of aromatic nitrogens is 1. The molecule has 0 aliphatic rings. The summed E-state index contributed by atoms with van der Waals surface area (Å²) in [7, 11) is 0. The normalized spacial score (nSPS) is 10.4. The summed E-state index contributed by atoms with van der Waals surface area (Å²) in [4.78, 5) is 6.50. The molecule has 18 heavy (non-hydrogen) atoms. The maximum atomic E-state index is 9.45. The first-order valence-electron chi connectivity index (χ1n) is 5.84. The first kappa shape index (κ1) is 13.1. The van der Waals surface area contributed by atoms with E-state index in [0.29, 0.717) is 0 Å². The summed E-state index contributed by atoms with van der Waals surface area (Å²) in [6.07, 6.45) is 1.75. The minimum Gasteiger partial charge on any atom is -0.392 e. The van der Waals surface area contributed by atoms with Crippen molar-refractivity contribution in [1.82, 2.24) is 4.98 Å². The van der Waals surface area contributed by atoms with Crippen molar-refractivity contribution >= 4 is 27.4 Å². The van der Waals surface area contributed by atoms with Gasteiger partial charge in [-0.15, -0.1) is 0 Å². The van der Waals surface area contributed by atoms with Crippen molar-refractivity contribution in [2.45, 2.75) is 13.5 Å². The first-order chi connectivity index (χ1) is 8.76. The molecule has 0 saturated heterocycles. The highest BCUT2D eigenvalue weighted by Gasteiger charge is 2.13. The Labute approximate surface area is 115 Å². The van der Waals surface area contributed by atoms with Crippen LogP contribution in [-0.2, 0) is 6.61 Å². The monoisotopic (exact) mass is 306 g/mol. The van der Waals surface area contributed by atoms with Crippen LogP contribution in [-0.4, -0.2) is 16.6 Å². The van der Waals surface area contributed by atoms with Crippen LogP contribution in [0.2, 0.25) is 0 Å². The summed E-state index contributed by atoms with van der Waals surface area (Å²) >= 11 is 3.37. The molecule has 0 spiro atoms. The molecule has 0 saturated carbocycles. The van der Waals surface area contributed by atoms with Gasteiger partial charge >= 0.3 is 0 Å². The second-order valence-corrected chi connectivity index (χ2v) is 4.79. The van der Waals surface area contributed by atoms with Crippen molar-refractivity contribution in [3.63, 3.8) is 0 Å². The molecule has 94 valence electrons. The van der Waals surface area contributed by atoms with Gasteiger partial charge in [-0.1, -0.05) is 18.2 Å². The van der Waals surface area contributed by atoms with Gasteiger partial charge in [-0.3, -0.25) is 0 Å². The van der Waals surface area contributed by atoms with Crippen LogP contribution in [0.1, 0.15) is 12.5 Å². The molecule has 4 heteroatoms. The Balaban J connectivity index is 2.45. The number of anilines is 2. The zero-order valence-electron chi connectivity index (χ0n) is 10.2. The molecule has 0 aliphatic heterocycles. The number of nitrogens with zero attached hydrogens (tertiary/aromatic N) is 2. The smallest absolute Gasteiger partial charge is 0.138 e. The highest BCUT2D eigenvalue weighted by molar-refractivity contribution is 9.10. The molecule has 0 radical (unpaired) electrons. The summed E-state index contributed by atoms with van der Waals surface area (Å²) in [5.41, 5.74) is 1.89. The van der Waals surface area contributed by atoms with Crippen molar-refractivity contribution in [1.29, 1.82) is 0 Å². The van der Waals surface area contributed by atoms with Crippen molar-refractivity contribution in [2.75, 3.05) is 11.4 Å². The first-order valence-corrected chi connectivity index (χ1v) is 6.63.